The summed E-state index contributed by atoms with van der Waals surface area (Å²) >= 11 is 0. The van der Waals surface area contributed by atoms with Gasteiger partial charge in [-0.15, -0.1) is 0 Å². The molecule has 1 aromatic rings. The van der Waals surface area contributed by atoms with Gasteiger partial charge in [-0.2, -0.15) is 4.31 Å². The van der Waals surface area contributed by atoms with E-state index in [0.29, 0.717) is 30.5 Å². The topological polar surface area (TPSA) is 113 Å². The third kappa shape index (κ3) is 6.25. The number of nitrogens with one attached hydrogen (secondary N) is 1. The second-order valence-electron chi connectivity index (χ2n) is 6.64. The molecule has 0 saturated carbocycles. The van der Waals surface area contributed by atoms with Crippen molar-refractivity contribution in [2.24, 2.45) is 0 Å². The molecule has 3 rings (SSSR count). The third-order valence-corrected chi connectivity index (χ3v) is 6.50. The number of ether oxygens (including phenoxy) is 1. The molecular weight excluding hydrogens is 396 g/mol. The Labute approximate surface area is 170 Å². The molecule has 1 aromatic carbocycles. The second-order valence-corrected chi connectivity index (χ2v) is 8.57. The van der Waals surface area contributed by atoms with Crippen molar-refractivity contribution in [1.29, 1.82) is 0 Å². The number of aryl methyl sites for hydroxylation is 1. The van der Waals surface area contributed by atoms with Gasteiger partial charge in [-0.25, -0.2) is 18.0 Å². The summed E-state index contributed by atoms with van der Waals surface area (Å²) in [5.74, 6) is -1.17. The van der Waals surface area contributed by atoms with Crippen LogP contribution >= 0.6 is 0 Å². The van der Waals surface area contributed by atoms with Gasteiger partial charge >= 0.3 is 11.9 Å². The van der Waals surface area contributed by atoms with Crippen molar-refractivity contribution in [2.45, 2.75) is 24.7 Å². The zero-order valence-electron chi connectivity index (χ0n) is 16.6. The van der Waals surface area contributed by atoms with Crippen LogP contribution in [0.5, 0.6) is 0 Å². The maximum absolute atomic E-state index is 12.4. The largest absolute Gasteiger partial charge is 0.478 e. The maximum atomic E-state index is 12.4. The molecule has 0 saturated heterocycles. The normalized spacial score (nSPS) is 17.3. The van der Waals surface area contributed by atoms with E-state index in [1.54, 1.807) is 36.4 Å². The Morgan fingerprint density at radius 2 is 1.79 bits per heavy atom. The molecule has 0 spiro atoms. The monoisotopic (exact) mass is 422 g/mol. The highest BCUT2D eigenvalue weighted by Gasteiger charge is 2.27. The number of benzene rings is 1. The zero-order chi connectivity index (χ0) is 21.4. The summed E-state index contributed by atoms with van der Waals surface area (Å²) in [7, 11) is -2.18. The van der Waals surface area contributed by atoms with E-state index in [2.05, 4.69) is 10.1 Å². The number of esters is 1. The van der Waals surface area contributed by atoms with Gasteiger partial charge in [0, 0.05) is 30.8 Å². The number of hydrogen-bond donors (Lipinski definition) is 2. The summed E-state index contributed by atoms with van der Waals surface area (Å²) in [6.07, 6.45) is 4.35. The standard InChI is InChI=1S/C14H17NO4S.C6H9NO2/c1-11-3-5-13(6-4-11)20(17,18)15-9-7-12(8-10-15)14(16)19-2;8-6(9)5-1-3-7-4-2-5/h3-7H,8-10H2,1-2H3;1,7H,2-4H2,(H,8,9). The lowest BCUT2D eigenvalue weighted by Crippen LogP contribution is -2.35. The fraction of sp³-hybridized carbons (Fsp3) is 0.400. The Morgan fingerprint density at radius 1 is 1.10 bits per heavy atom. The summed E-state index contributed by atoms with van der Waals surface area (Å²) in [6, 6.07) is 6.74. The zero-order valence-corrected chi connectivity index (χ0v) is 17.4. The highest BCUT2D eigenvalue weighted by atomic mass is 32.2. The number of hydrogen-bond acceptors (Lipinski definition) is 6. The fourth-order valence-corrected chi connectivity index (χ4v) is 4.24. The quantitative estimate of drug-likeness (QED) is 0.707. The lowest BCUT2D eigenvalue weighted by Gasteiger charge is -2.25. The predicted octanol–water partition coefficient (Wildman–Crippen LogP) is 1.48. The number of sulfonamides is 1. The van der Waals surface area contributed by atoms with E-state index in [4.69, 9.17) is 5.11 Å². The van der Waals surface area contributed by atoms with Gasteiger partial charge in [0.25, 0.3) is 0 Å². The average molecular weight is 423 g/mol. The number of carbonyl (C=O) groups excluding carboxylic acids is 1. The summed E-state index contributed by atoms with van der Waals surface area (Å²) < 4.78 is 30.8. The van der Waals surface area contributed by atoms with Gasteiger partial charge in [-0.3, -0.25) is 0 Å². The molecule has 8 nitrogen and oxygen atoms in total. The maximum Gasteiger partial charge on any atom is 0.333 e. The van der Waals surface area contributed by atoms with Crippen molar-refractivity contribution in [3.8, 4) is 0 Å². The van der Waals surface area contributed by atoms with Gasteiger partial charge in [0.15, 0.2) is 0 Å². The van der Waals surface area contributed by atoms with Gasteiger partial charge in [-0.05, 0) is 38.4 Å². The van der Waals surface area contributed by atoms with Crippen LogP contribution in [0, 0.1) is 6.92 Å². The molecular formula is C20H26N2O6S. The summed E-state index contributed by atoms with van der Waals surface area (Å²) in [6.45, 7) is 3.88. The Kier molecular flexibility index (Phi) is 8.12. The number of aliphatic carboxylic acids is 1. The van der Waals surface area contributed by atoms with E-state index in [9.17, 15) is 18.0 Å². The van der Waals surface area contributed by atoms with Crippen molar-refractivity contribution >= 4 is 22.0 Å². The summed E-state index contributed by atoms with van der Waals surface area (Å²) in [5, 5.41) is 11.5. The van der Waals surface area contributed by atoms with E-state index in [-0.39, 0.29) is 18.0 Å². The first kappa shape index (κ1) is 22.8. The van der Waals surface area contributed by atoms with Gasteiger partial charge in [-0.1, -0.05) is 29.8 Å². The fourth-order valence-electron chi connectivity index (χ4n) is 2.86. The molecule has 0 bridgehead atoms. The molecule has 0 radical (unpaired) electrons. The molecule has 2 N–H and O–H groups in total. The number of methoxy groups -OCH3 is 1. The molecule has 2 aliphatic rings. The summed E-state index contributed by atoms with van der Waals surface area (Å²) in [4.78, 5) is 21.9. The number of carboxylic acid groups (broad SMARTS) is 1. The minimum atomic E-state index is -3.50. The van der Waals surface area contributed by atoms with Crippen LogP contribution in [-0.4, -0.2) is 63.1 Å². The van der Waals surface area contributed by atoms with Gasteiger partial charge in [0.2, 0.25) is 10.0 Å². The highest BCUT2D eigenvalue weighted by molar-refractivity contribution is 7.89. The van der Waals surface area contributed by atoms with Crippen LogP contribution in [0.1, 0.15) is 18.4 Å². The first-order valence-corrected chi connectivity index (χ1v) is 10.7. The van der Waals surface area contributed by atoms with Crippen LogP contribution in [0.15, 0.2) is 52.5 Å². The number of nitrogens with zero attached hydrogens (tertiary/aromatic N) is 1. The van der Waals surface area contributed by atoms with E-state index in [1.807, 2.05) is 6.92 Å². The average Bonchev–Trinajstić information content (AvgIpc) is 2.74. The SMILES string of the molecule is COC(=O)C1=CCN(S(=O)(=O)c2ccc(C)cc2)CC1.O=C(O)C1=CCNCC1. The molecule has 0 amide bonds. The van der Waals surface area contributed by atoms with Crippen molar-refractivity contribution in [1.82, 2.24) is 9.62 Å². The van der Waals surface area contributed by atoms with Crippen molar-refractivity contribution in [2.75, 3.05) is 33.3 Å². The number of rotatable bonds is 4. The van der Waals surface area contributed by atoms with Crippen molar-refractivity contribution in [3.63, 3.8) is 0 Å². The minimum absolute atomic E-state index is 0.195. The van der Waals surface area contributed by atoms with Crippen LogP contribution < -0.4 is 5.32 Å². The first-order valence-electron chi connectivity index (χ1n) is 9.23. The van der Waals surface area contributed by atoms with Crippen LogP contribution in [0.2, 0.25) is 0 Å². The molecule has 2 heterocycles. The highest BCUT2D eigenvalue weighted by Crippen LogP contribution is 2.21. The van der Waals surface area contributed by atoms with Gasteiger partial charge < -0.3 is 15.2 Å². The van der Waals surface area contributed by atoms with E-state index in [1.165, 1.54) is 11.4 Å². The Morgan fingerprint density at radius 3 is 2.24 bits per heavy atom. The van der Waals surface area contributed by atoms with Crippen LogP contribution in [0.3, 0.4) is 0 Å². The van der Waals surface area contributed by atoms with Crippen LogP contribution in [-0.2, 0) is 24.3 Å². The molecule has 29 heavy (non-hydrogen) atoms. The molecule has 0 aliphatic carbocycles. The van der Waals surface area contributed by atoms with E-state index < -0.39 is 22.0 Å². The first-order chi connectivity index (χ1) is 13.8. The molecule has 0 unspecified atom stereocenters. The number of carboxylic acids is 1. The lowest BCUT2D eigenvalue weighted by molar-refractivity contribution is -0.136. The number of carbonyl (C=O) groups is 2. The molecule has 2 aliphatic heterocycles. The third-order valence-electron chi connectivity index (χ3n) is 4.62. The van der Waals surface area contributed by atoms with Gasteiger partial charge in [0.1, 0.15) is 0 Å². The predicted molar refractivity (Wildman–Crippen MR) is 108 cm³/mol. The van der Waals surface area contributed by atoms with Crippen molar-refractivity contribution < 1.29 is 27.9 Å². The summed E-state index contributed by atoms with van der Waals surface area (Å²) in [5.41, 5.74) is 2.08. The molecule has 9 heteroatoms. The van der Waals surface area contributed by atoms with E-state index in [0.717, 1.165) is 12.1 Å². The van der Waals surface area contributed by atoms with Crippen LogP contribution in [0.4, 0.5) is 0 Å². The molecule has 0 fully saturated rings. The second kappa shape index (κ2) is 10.3. The Bertz CT molecular complexity index is 903. The van der Waals surface area contributed by atoms with E-state index >= 15 is 0 Å². The Balaban J connectivity index is 0.000000278. The molecule has 158 valence electrons. The smallest absolute Gasteiger partial charge is 0.333 e. The van der Waals surface area contributed by atoms with Crippen LogP contribution in [0.25, 0.3) is 0 Å². The van der Waals surface area contributed by atoms with Crippen molar-refractivity contribution in [3.05, 3.63) is 53.1 Å². The van der Waals surface area contributed by atoms with Gasteiger partial charge in [0.05, 0.1) is 12.0 Å². The molecule has 0 aromatic heterocycles. The minimum Gasteiger partial charge on any atom is -0.478 e. The Hall–Kier alpha value is -2.49. The molecule has 0 atom stereocenters. The lowest BCUT2D eigenvalue weighted by atomic mass is 10.1.